The number of hydrogen-bond donors (Lipinski definition) is 3. The van der Waals surface area contributed by atoms with Crippen molar-refractivity contribution in [2.75, 3.05) is 17.4 Å². The normalized spacial score (nSPS) is 26.5. The molecule has 3 aliphatic carbocycles. The molecule has 1 heterocycles. The van der Waals surface area contributed by atoms with Crippen LogP contribution >= 0.6 is 11.3 Å². The zero-order valence-corrected chi connectivity index (χ0v) is 19.2. The Morgan fingerprint density at radius 2 is 2.07 bits per heavy atom. The number of amides is 1. The van der Waals surface area contributed by atoms with Crippen molar-refractivity contribution in [3.8, 4) is 0 Å². The lowest BCUT2D eigenvalue weighted by molar-refractivity contribution is -0.266. The molecule has 1 aromatic heterocycles. The molecular weight excluding hydrogens is 404 g/mol. The van der Waals surface area contributed by atoms with Gasteiger partial charge in [-0.25, -0.2) is 4.79 Å². The van der Waals surface area contributed by atoms with E-state index in [1.165, 1.54) is 24.2 Å². The van der Waals surface area contributed by atoms with E-state index in [-0.39, 0.29) is 17.4 Å². The van der Waals surface area contributed by atoms with Gasteiger partial charge in [-0.15, -0.1) is 11.3 Å². The molecule has 30 heavy (non-hydrogen) atoms. The number of ether oxygens (including phenoxy) is 1. The summed E-state index contributed by atoms with van der Waals surface area (Å²) in [6.07, 6.45) is 5.16. The van der Waals surface area contributed by atoms with E-state index >= 15 is 0 Å². The highest BCUT2D eigenvalue weighted by molar-refractivity contribution is 7.11. The maximum atomic E-state index is 12.1. The van der Waals surface area contributed by atoms with Crippen molar-refractivity contribution in [1.82, 2.24) is 0 Å². The lowest BCUT2D eigenvalue weighted by Gasteiger charge is -2.66. The average Bonchev–Trinajstić information content (AvgIpc) is 3.05. The molecule has 0 aliphatic heterocycles. The van der Waals surface area contributed by atoms with Crippen LogP contribution in [0.3, 0.4) is 0 Å². The standard InChI is InChI=1S/C22H34N2O5S/c1-5-28-20(27)23-19-16(13-30-17(19)8-6-7-9-18(25)26)24-29-22-12-15(21(22,3)4)11-10-14(22)2/h13-15,24H,5-12H2,1-4H3,(H,23,27)(H,25,26). The van der Waals surface area contributed by atoms with Crippen molar-refractivity contribution in [2.24, 2.45) is 17.3 Å². The number of fused-ring (bicyclic) bond motifs is 2. The first kappa shape index (κ1) is 22.9. The first-order valence-corrected chi connectivity index (χ1v) is 11.8. The third-order valence-corrected chi connectivity index (χ3v) is 8.21. The predicted octanol–water partition coefficient (Wildman–Crippen LogP) is 5.67. The average molecular weight is 439 g/mol. The molecule has 8 heteroatoms. The quantitative estimate of drug-likeness (QED) is 0.322. The van der Waals surface area contributed by atoms with Gasteiger partial charge in [-0.3, -0.25) is 20.4 Å². The molecular formula is C22H34N2O5S. The zero-order valence-electron chi connectivity index (χ0n) is 18.4. The highest BCUT2D eigenvalue weighted by Gasteiger charge is 2.66. The van der Waals surface area contributed by atoms with E-state index in [2.05, 4.69) is 31.6 Å². The van der Waals surface area contributed by atoms with Gasteiger partial charge in [-0.05, 0) is 62.7 Å². The van der Waals surface area contributed by atoms with Crippen LogP contribution in [0.4, 0.5) is 16.2 Å². The van der Waals surface area contributed by atoms with Gasteiger partial charge in [-0.1, -0.05) is 20.8 Å². The number of nitrogens with one attached hydrogen (secondary N) is 2. The van der Waals surface area contributed by atoms with Crippen LogP contribution in [0, 0.1) is 17.3 Å². The fourth-order valence-corrected chi connectivity index (χ4v) is 6.09. The Labute approximate surface area is 182 Å². The lowest BCUT2D eigenvalue weighted by atomic mass is 9.43. The summed E-state index contributed by atoms with van der Waals surface area (Å²) in [6.45, 7) is 8.90. The van der Waals surface area contributed by atoms with E-state index in [0.717, 1.165) is 23.4 Å². The van der Waals surface area contributed by atoms with Gasteiger partial charge in [0, 0.05) is 16.7 Å². The second kappa shape index (κ2) is 9.14. The van der Waals surface area contributed by atoms with Crippen molar-refractivity contribution >= 4 is 34.8 Å². The van der Waals surface area contributed by atoms with Gasteiger partial charge < -0.3 is 9.84 Å². The molecule has 2 bridgehead atoms. The Hall–Kier alpha value is -1.80. The number of carboxylic acid groups (broad SMARTS) is 1. The van der Waals surface area contributed by atoms with Gasteiger partial charge in [0.15, 0.2) is 0 Å². The van der Waals surface area contributed by atoms with Crippen LogP contribution in [-0.4, -0.2) is 29.4 Å². The SMILES string of the molecule is CCOC(=O)Nc1c(NOC23CC(CCC2C)C3(C)C)csc1CCCCC(=O)O. The number of unbranched alkanes of at least 4 members (excludes halogenated alkanes) is 1. The van der Waals surface area contributed by atoms with Crippen LogP contribution in [-0.2, 0) is 20.8 Å². The van der Waals surface area contributed by atoms with E-state index < -0.39 is 12.1 Å². The molecule has 0 radical (unpaired) electrons. The summed E-state index contributed by atoms with van der Waals surface area (Å²) < 4.78 is 5.06. The van der Waals surface area contributed by atoms with Crippen LogP contribution in [0.15, 0.2) is 5.38 Å². The molecule has 168 valence electrons. The molecule has 0 saturated heterocycles. The Morgan fingerprint density at radius 1 is 1.30 bits per heavy atom. The molecule has 3 saturated carbocycles. The van der Waals surface area contributed by atoms with Gasteiger partial charge in [-0.2, -0.15) is 0 Å². The minimum atomic E-state index is -0.788. The van der Waals surface area contributed by atoms with Crippen LogP contribution in [0.5, 0.6) is 0 Å². The molecule has 1 amide bonds. The number of aliphatic carboxylic acids is 1. The maximum Gasteiger partial charge on any atom is 0.411 e. The van der Waals surface area contributed by atoms with Crippen LogP contribution in [0.1, 0.15) is 71.1 Å². The summed E-state index contributed by atoms with van der Waals surface area (Å²) in [5.41, 5.74) is 4.47. The van der Waals surface area contributed by atoms with Crippen molar-refractivity contribution in [3.05, 3.63) is 10.3 Å². The van der Waals surface area contributed by atoms with Crippen molar-refractivity contribution < 1.29 is 24.3 Å². The molecule has 0 aromatic carbocycles. The van der Waals surface area contributed by atoms with Gasteiger partial charge >= 0.3 is 12.1 Å². The highest BCUT2D eigenvalue weighted by atomic mass is 32.1. The lowest BCUT2D eigenvalue weighted by Crippen LogP contribution is -2.68. The van der Waals surface area contributed by atoms with Crippen molar-refractivity contribution in [1.29, 1.82) is 0 Å². The number of carboxylic acids is 1. The van der Waals surface area contributed by atoms with Gasteiger partial charge in [0.05, 0.1) is 18.0 Å². The predicted molar refractivity (Wildman–Crippen MR) is 118 cm³/mol. The van der Waals surface area contributed by atoms with E-state index in [1.807, 2.05) is 5.38 Å². The minimum Gasteiger partial charge on any atom is -0.481 e. The van der Waals surface area contributed by atoms with Crippen LogP contribution in [0.25, 0.3) is 0 Å². The maximum absolute atomic E-state index is 12.1. The number of anilines is 2. The summed E-state index contributed by atoms with van der Waals surface area (Å²) in [5, 5.41) is 13.6. The molecule has 7 nitrogen and oxygen atoms in total. The van der Waals surface area contributed by atoms with E-state index in [1.54, 1.807) is 6.92 Å². The molecule has 3 atom stereocenters. The van der Waals surface area contributed by atoms with E-state index in [4.69, 9.17) is 14.7 Å². The Bertz CT molecular complexity index is 778. The molecule has 3 unspecified atom stereocenters. The highest BCUT2D eigenvalue weighted by Crippen LogP contribution is 2.65. The molecule has 3 fully saturated rings. The number of rotatable bonds is 10. The fraction of sp³-hybridized carbons (Fsp3) is 0.727. The van der Waals surface area contributed by atoms with Gasteiger partial charge in [0.1, 0.15) is 5.60 Å². The van der Waals surface area contributed by atoms with E-state index in [9.17, 15) is 9.59 Å². The first-order valence-electron chi connectivity index (χ1n) is 10.9. The molecule has 3 N–H and O–H groups in total. The number of hydrogen-bond acceptors (Lipinski definition) is 6. The van der Waals surface area contributed by atoms with Crippen LogP contribution in [0.2, 0.25) is 0 Å². The topological polar surface area (TPSA) is 96.9 Å². The first-order chi connectivity index (χ1) is 14.2. The Kier molecular flexibility index (Phi) is 6.97. The Morgan fingerprint density at radius 3 is 2.70 bits per heavy atom. The molecule has 0 spiro atoms. The zero-order chi connectivity index (χ0) is 21.9. The fourth-order valence-electron chi connectivity index (χ4n) is 5.13. The number of carbonyl (C=O) groups excluding carboxylic acids is 1. The number of aryl methyl sites for hydroxylation is 1. The second-order valence-corrected chi connectivity index (χ2v) is 10.1. The number of carbonyl (C=O) groups is 2. The summed E-state index contributed by atoms with van der Waals surface area (Å²) in [7, 11) is 0. The van der Waals surface area contributed by atoms with Crippen LogP contribution < -0.4 is 10.8 Å². The van der Waals surface area contributed by atoms with Gasteiger partial charge in [0.2, 0.25) is 0 Å². The summed E-state index contributed by atoms with van der Waals surface area (Å²) in [4.78, 5) is 30.2. The third-order valence-electron chi connectivity index (χ3n) is 7.16. The smallest absolute Gasteiger partial charge is 0.411 e. The molecule has 3 aliphatic rings. The largest absolute Gasteiger partial charge is 0.481 e. The Balaban J connectivity index is 1.71. The second-order valence-electron chi connectivity index (χ2n) is 9.09. The minimum absolute atomic E-state index is 0.113. The summed E-state index contributed by atoms with van der Waals surface area (Å²) >= 11 is 1.53. The van der Waals surface area contributed by atoms with Crippen molar-refractivity contribution in [2.45, 2.75) is 78.2 Å². The number of thiophene rings is 1. The third kappa shape index (κ3) is 4.30. The molecule has 4 rings (SSSR count). The van der Waals surface area contributed by atoms with Gasteiger partial charge in [0.25, 0.3) is 0 Å². The molecule has 1 aromatic rings. The summed E-state index contributed by atoms with van der Waals surface area (Å²) in [5.74, 6) is 0.365. The monoisotopic (exact) mass is 438 g/mol. The summed E-state index contributed by atoms with van der Waals surface area (Å²) in [6, 6.07) is 0. The van der Waals surface area contributed by atoms with E-state index in [0.29, 0.717) is 37.0 Å². The van der Waals surface area contributed by atoms with Crippen molar-refractivity contribution in [3.63, 3.8) is 0 Å².